The lowest BCUT2D eigenvalue weighted by atomic mass is 10.1. The van der Waals surface area contributed by atoms with Crippen LogP contribution in [0, 0.1) is 0 Å². The Hall–Kier alpha value is -1.48. The molecule has 7 heteroatoms. The smallest absolute Gasteiger partial charge is 0.191 e. The highest BCUT2D eigenvalue weighted by Gasteiger charge is 2.14. The second-order valence-electron chi connectivity index (χ2n) is 4.51. The van der Waals surface area contributed by atoms with Crippen molar-refractivity contribution < 1.29 is 14.6 Å². The van der Waals surface area contributed by atoms with Crippen LogP contribution in [0.1, 0.15) is 18.6 Å². The van der Waals surface area contributed by atoms with Crippen LogP contribution in [0.3, 0.4) is 0 Å². The first-order chi connectivity index (χ1) is 10.7. The summed E-state index contributed by atoms with van der Waals surface area (Å²) in [5.74, 6) is 1.89. The minimum absolute atomic E-state index is 0. The number of hydrogen-bond acceptors (Lipinski definition) is 4. The predicted octanol–water partition coefficient (Wildman–Crippen LogP) is 2.10. The third-order valence-electron chi connectivity index (χ3n) is 2.98. The van der Waals surface area contributed by atoms with Crippen LogP contribution in [0.25, 0.3) is 0 Å². The molecule has 0 saturated heterocycles. The molecule has 1 unspecified atom stereocenters. The topological polar surface area (TPSA) is 75.1 Å². The molecule has 130 valence electrons. The fourth-order valence-corrected chi connectivity index (χ4v) is 1.89. The molecule has 0 aliphatic carbocycles. The Kier molecular flexibility index (Phi) is 11.2. The molecule has 23 heavy (non-hydrogen) atoms. The van der Waals surface area contributed by atoms with Crippen LogP contribution in [0.15, 0.2) is 35.8 Å². The second kappa shape index (κ2) is 12.0. The van der Waals surface area contributed by atoms with Gasteiger partial charge in [0.2, 0.25) is 0 Å². The summed E-state index contributed by atoms with van der Waals surface area (Å²) in [6.45, 7) is 7.17. The number of aliphatic hydroxyl groups excluding tert-OH is 1. The zero-order valence-corrected chi connectivity index (χ0v) is 16.2. The van der Waals surface area contributed by atoms with Crippen molar-refractivity contribution in [3.63, 3.8) is 0 Å². The van der Waals surface area contributed by atoms with Crippen LogP contribution in [-0.2, 0) is 0 Å². The van der Waals surface area contributed by atoms with Crippen LogP contribution in [0.2, 0.25) is 0 Å². The van der Waals surface area contributed by atoms with Crippen molar-refractivity contribution in [3.05, 3.63) is 36.4 Å². The molecule has 0 fully saturated rings. The zero-order valence-electron chi connectivity index (χ0n) is 13.8. The number of hydrogen-bond donors (Lipinski definition) is 3. The standard InChI is InChI=1S/C16H25N3O3.HI/c1-5-9-18-16(17-6-2)19-11-14(20)13-10-12(21-3)7-8-15(13)22-4;/h5,7-8,10,14,20H,1,6,9,11H2,2-4H3,(H2,17,18,19);1H. The molecule has 6 nitrogen and oxygen atoms in total. The number of aliphatic hydroxyl groups is 1. The Balaban J connectivity index is 0.00000484. The van der Waals surface area contributed by atoms with Crippen LogP contribution in [0.5, 0.6) is 11.5 Å². The summed E-state index contributed by atoms with van der Waals surface area (Å²) in [6.07, 6.45) is 0.957. The van der Waals surface area contributed by atoms with Crippen molar-refractivity contribution in [1.82, 2.24) is 10.6 Å². The Bertz CT molecular complexity index is 509. The average Bonchev–Trinajstić information content (AvgIpc) is 2.56. The third kappa shape index (κ3) is 7.08. The molecule has 0 amide bonds. The molecule has 0 spiro atoms. The first kappa shape index (κ1) is 21.5. The van der Waals surface area contributed by atoms with E-state index in [1.54, 1.807) is 38.5 Å². The molecule has 1 rings (SSSR count). The van der Waals surface area contributed by atoms with Gasteiger partial charge in [0.15, 0.2) is 5.96 Å². The number of halogens is 1. The molecule has 1 atom stereocenters. The van der Waals surface area contributed by atoms with E-state index in [9.17, 15) is 5.11 Å². The number of ether oxygens (including phenoxy) is 2. The molecule has 3 N–H and O–H groups in total. The summed E-state index contributed by atoms with van der Waals surface area (Å²) in [6, 6.07) is 5.30. The molecular weight excluding hydrogens is 409 g/mol. The molecule has 0 radical (unpaired) electrons. The molecule has 1 aromatic carbocycles. The number of methoxy groups -OCH3 is 2. The number of benzene rings is 1. The Morgan fingerprint density at radius 1 is 1.35 bits per heavy atom. The highest BCUT2D eigenvalue weighted by Crippen LogP contribution is 2.29. The monoisotopic (exact) mass is 435 g/mol. The molecule has 0 aliphatic rings. The van der Waals surface area contributed by atoms with Crippen molar-refractivity contribution in [2.24, 2.45) is 4.99 Å². The lowest BCUT2D eigenvalue weighted by Gasteiger charge is -2.15. The molecular formula is C16H26IN3O3. The van der Waals surface area contributed by atoms with Gasteiger partial charge in [-0.1, -0.05) is 6.08 Å². The van der Waals surface area contributed by atoms with E-state index in [1.807, 2.05) is 6.92 Å². The molecule has 0 saturated carbocycles. The summed E-state index contributed by atoms with van der Waals surface area (Å²) in [5, 5.41) is 16.6. The van der Waals surface area contributed by atoms with E-state index in [2.05, 4.69) is 22.2 Å². The van der Waals surface area contributed by atoms with E-state index >= 15 is 0 Å². The fourth-order valence-electron chi connectivity index (χ4n) is 1.89. The van der Waals surface area contributed by atoms with E-state index in [1.165, 1.54) is 0 Å². The maximum absolute atomic E-state index is 10.4. The summed E-state index contributed by atoms with van der Waals surface area (Å²) in [7, 11) is 3.15. The van der Waals surface area contributed by atoms with Crippen LogP contribution in [0.4, 0.5) is 0 Å². The summed E-state index contributed by atoms with van der Waals surface area (Å²) in [5.41, 5.74) is 0.644. The van der Waals surface area contributed by atoms with Gasteiger partial charge in [-0.15, -0.1) is 30.6 Å². The largest absolute Gasteiger partial charge is 0.497 e. The van der Waals surface area contributed by atoms with Gasteiger partial charge < -0.3 is 25.2 Å². The van der Waals surface area contributed by atoms with E-state index in [0.29, 0.717) is 29.6 Å². The van der Waals surface area contributed by atoms with Crippen LogP contribution >= 0.6 is 24.0 Å². The number of nitrogens with one attached hydrogen (secondary N) is 2. The van der Waals surface area contributed by atoms with Gasteiger partial charge in [0.25, 0.3) is 0 Å². The van der Waals surface area contributed by atoms with Crippen molar-refractivity contribution in [3.8, 4) is 11.5 Å². The lowest BCUT2D eigenvalue weighted by Crippen LogP contribution is -2.37. The maximum Gasteiger partial charge on any atom is 0.191 e. The fraction of sp³-hybridized carbons (Fsp3) is 0.438. The van der Waals surface area contributed by atoms with Crippen molar-refractivity contribution in [2.75, 3.05) is 33.9 Å². The van der Waals surface area contributed by atoms with Gasteiger partial charge in [-0.2, -0.15) is 0 Å². The van der Waals surface area contributed by atoms with Crippen molar-refractivity contribution in [2.45, 2.75) is 13.0 Å². The number of nitrogens with zero attached hydrogens (tertiary/aromatic N) is 1. The highest BCUT2D eigenvalue weighted by atomic mass is 127. The van der Waals surface area contributed by atoms with Crippen molar-refractivity contribution >= 4 is 29.9 Å². The van der Waals surface area contributed by atoms with Gasteiger partial charge >= 0.3 is 0 Å². The highest BCUT2D eigenvalue weighted by molar-refractivity contribution is 14.0. The van der Waals surface area contributed by atoms with Gasteiger partial charge in [-0.05, 0) is 25.1 Å². The molecule has 0 aromatic heterocycles. The van der Waals surface area contributed by atoms with Crippen LogP contribution in [-0.4, -0.2) is 44.9 Å². The number of rotatable bonds is 8. The minimum atomic E-state index is -0.788. The van der Waals surface area contributed by atoms with E-state index in [-0.39, 0.29) is 30.5 Å². The van der Waals surface area contributed by atoms with E-state index in [4.69, 9.17) is 9.47 Å². The van der Waals surface area contributed by atoms with Gasteiger partial charge in [-0.25, -0.2) is 0 Å². The SMILES string of the molecule is C=CCNC(=NCC(O)c1cc(OC)ccc1OC)NCC.I. The van der Waals surface area contributed by atoms with Gasteiger partial charge in [0.1, 0.15) is 17.6 Å². The quantitative estimate of drug-likeness (QED) is 0.253. The minimum Gasteiger partial charge on any atom is -0.497 e. The van der Waals surface area contributed by atoms with Crippen LogP contribution < -0.4 is 20.1 Å². The third-order valence-corrected chi connectivity index (χ3v) is 2.98. The number of guanidine groups is 1. The summed E-state index contributed by atoms with van der Waals surface area (Å²) >= 11 is 0. The summed E-state index contributed by atoms with van der Waals surface area (Å²) < 4.78 is 10.5. The Labute approximate surface area is 155 Å². The van der Waals surface area contributed by atoms with E-state index < -0.39 is 6.10 Å². The van der Waals surface area contributed by atoms with Crippen molar-refractivity contribution in [1.29, 1.82) is 0 Å². The predicted molar refractivity (Wildman–Crippen MR) is 104 cm³/mol. The molecule has 0 heterocycles. The molecule has 1 aromatic rings. The van der Waals surface area contributed by atoms with E-state index in [0.717, 1.165) is 6.54 Å². The first-order valence-electron chi connectivity index (χ1n) is 7.19. The Morgan fingerprint density at radius 3 is 2.65 bits per heavy atom. The second-order valence-corrected chi connectivity index (χ2v) is 4.51. The van der Waals surface area contributed by atoms with Gasteiger partial charge in [0, 0.05) is 18.7 Å². The first-order valence-corrected chi connectivity index (χ1v) is 7.19. The zero-order chi connectivity index (χ0) is 16.4. The number of aliphatic imine (C=N–C) groups is 1. The van der Waals surface area contributed by atoms with Gasteiger partial charge in [0.05, 0.1) is 20.8 Å². The Morgan fingerprint density at radius 2 is 2.09 bits per heavy atom. The average molecular weight is 435 g/mol. The maximum atomic E-state index is 10.4. The molecule has 0 aliphatic heterocycles. The normalized spacial score (nSPS) is 11.9. The summed E-state index contributed by atoms with van der Waals surface area (Å²) in [4.78, 5) is 4.36. The lowest BCUT2D eigenvalue weighted by molar-refractivity contribution is 0.182. The van der Waals surface area contributed by atoms with Gasteiger partial charge in [-0.3, -0.25) is 4.99 Å². The molecule has 0 bridgehead atoms.